The predicted octanol–water partition coefficient (Wildman–Crippen LogP) is 3.09. The van der Waals surface area contributed by atoms with Crippen molar-refractivity contribution in [3.05, 3.63) is 24.3 Å². The smallest absolute Gasteiger partial charge is 0.118 e. The molecule has 2 rings (SSSR count). The van der Waals surface area contributed by atoms with Crippen LogP contribution >= 0.6 is 11.8 Å². The molecule has 0 amide bonds. The molecule has 0 atom stereocenters. The van der Waals surface area contributed by atoms with Gasteiger partial charge in [-0.2, -0.15) is 0 Å². The van der Waals surface area contributed by atoms with Crippen LogP contribution in [0.2, 0.25) is 0 Å². The van der Waals surface area contributed by atoms with E-state index in [9.17, 15) is 5.11 Å². The number of methoxy groups -OCH3 is 1. The highest BCUT2D eigenvalue weighted by Crippen LogP contribution is 2.34. The number of ether oxygens (including phenoxy) is 1. The van der Waals surface area contributed by atoms with Crippen LogP contribution in [0, 0.1) is 0 Å². The van der Waals surface area contributed by atoms with Crippen molar-refractivity contribution in [1.29, 1.82) is 0 Å². The number of hydrogen-bond acceptors (Lipinski definition) is 3. The fourth-order valence-electron chi connectivity index (χ4n) is 2.01. The Kier molecular flexibility index (Phi) is 4.13. The molecule has 1 aromatic carbocycles. The molecular formula is C13H18O2S. The van der Waals surface area contributed by atoms with E-state index in [1.165, 1.54) is 4.90 Å². The van der Waals surface area contributed by atoms with E-state index in [0.29, 0.717) is 5.25 Å². The second kappa shape index (κ2) is 5.60. The Balaban J connectivity index is 1.88. The first kappa shape index (κ1) is 11.8. The standard InChI is InChI=1S/C13H18O2S/c1-15-11-4-8-13(9-5-11)16-12-6-2-10(14)3-7-12/h4-5,8-10,12,14H,2-3,6-7H2,1H3. The van der Waals surface area contributed by atoms with E-state index in [4.69, 9.17) is 4.74 Å². The summed E-state index contributed by atoms with van der Waals surface area (Å²) in [4.78, 5) is 1.29. The quantitative estimate of drug-likeness (QED) is 0.877. The Morgan fingerprint density at radius 2 is 1.75 bits per heavy atom. The van der Waals surface area contributed by atoms with Gasteiger partial charge < -0.3 is 9.84 Å². The fraction of sp³-hybridized carbons (Fsp3) is 0.538. The van der Waals surface area contributed by atoms with E-state index in [1.54, 1.807) is 7.11 Å². The van der Waals surface area contributed by atoms with Crippen LogP contribution in [0.1, 0.15) is 25.7 Å². The maximum Gasteiger partial charge on any atom is 0.118 e. The lowest BCUT2D eigenvalue weighted by Gasteiger charge is -2.24. The van der Waals surface area contributed by atoms with Gasteiger partial charge in [0.15, 0.2) is 0 Å². The third kappa shape index (κ3) is 3.16. The monoisotopic (exact) mass is 238 g/mol. The van der Waals surface area contributed by atoms with Crippen LogP contribution < -0.4 is 4.74 Å². The molecule has 1 aromatic rings. The molecule has 0 aromatic heterocycles. The number of rotatable bonds is 3. The molecule has 16 heavy (non-hydrogen) atoms. The first-order chi connectivity index (χ1) is 7.78. The maximum absolute atomic E-state index is 9.44. The van der Waals surface area contributed by atoms with Gasteiger partial charge in [0.1, 0.15) is 5.75 Å². The second-order valence-electron chi connectivity index (χ2n) is 4.22. The van der Waals surface area contributed by atoms with Gasteiger partial charge in [-0.05, 0) is 49.9 Å². The molecule has 1 aliphatic carbocycles. The summed E-state index contributed by atoms with van der Waals surface area (Å²) in [7, 11) is 1.69. The number of aliphatic hydroxyl groups excluding tert-OH is 1. The molecule has 0 aliphatic heterocycles. The number of benzene rings is 1. The van der Waals surface area contributed by atoms with Crippen molar-refractivity contribution in [3.63, 3.8) is 0 Å². The van der Waals surface area contributed by atoms with E-state index in [1.807, 2.05) is 23.9 Å². The van der Waals surface area contributed by atoms with Gasteiger partial charge in [0.05, 0.1) is 13.2 Å². The Hall–Kier alpha value is -0.670. The van der Waals surface area contributed by atoms with Crippen LogP contribution in [0.25, 0.3) is 0 Å². The van der Waals surface area contributed by atoms with Gasteiger partial charge in [0.2, 0.25) is 0 Å². The highest BCUT2D eigenvalue weighted by atomic mass is 32.2. The van der Waals surface area contributed by atoms with Crippen molar-refractivity contribution in [1.82, 2.24) is 0 Å². The highest BCUT2D eigenvalue weighted by Gasteiger charge is 2.19. The highest BCUT2D eigenvalue weighted by molar-refractivity contribution is 8.00. The van der Waals surface area contributed by atoms with Crippen molar-refractivity contribution in [3.8, 4) is 5.75 Å². The molecule has 1 aliphatic rings. The molecular weight excluding hydrogens is 220 g/mol. The van der Waals surface area contributed by atoms with Crippen LogP contribution in [-0.4, -0.2) is 23.6 Å². The minimum Gasteiger partial charge on any atom is -0.497 e. The van der Waals surface area contributed by atoms with Gasteiger partial charge in [0.25, 0.3) is 0 Å². The van der Waals surface area contributed by atoms with E-state index in [2.05, 4.69) is 12.1 Å². The fourth-order valence-corrected chi connectivity index (χ4v) is 3.20. The third-order valence-electron chi connectivity index (χ3n) is 3.01. The summed E-state index contributed by atoms with van der Waals surface area (Å²) >= 11 is 1.92. The minimum absolute atomic E-state index is 0.0623. The normalized spacial score (nSPS) is 25.4. The van der Waals surface area contributed by atoms with Crippen molar-refractivity contribution in [2.75, 3.05) is 7.11 Å². The molecule has 0 unspecified atom stereocenters. The average Bonchev–Trinajstić information content (AvgIpc) is 2.33. The molecule has 0 saturated heterocycles. The van der Waals surface area contributed by atoms with Crippen molar-refractivity contribution in [2.24, 2.45) is 0 Å². The number of hydrogen-bond donors (Lipinski definition) is 1. The summed E-state index contributed by atoms with van der Waals surface area (Å²) in [5.74, 6) is 0.906. The Morgan fingerprint density at radius 3 is 2.31 bits per heavy atom. The Labute approximate surface area is 101 Å². The van der Waals surface area contributed by atoms with E-state index in [-0.39, 0.29) is 6.10 Å². The molecule has 0 radical (unpaired) electrons. The molecule has 88 valence electrons. The summed E-state index contributed by atoms with van der Waals surface area (Å²) in [6.07, 6.45) is 4.09. The molecule has 1 fully saturated rings. The second-order valence-corrected chi connectivity index (χ2v) is 5.60. The maximum atomic E-state index is 9.44. The van der Waals surface area contributed by atoms with Crippen LogP contribution in [0.3, 0.4) is 0 Å². The van der Waals surface area contributed by atoms with Gasteiger partial charge in [-0.15, -0.1) is 11.8 Å². The van der Waals surface area contributed by atoms with Crippen molar-refractivity contribution in [2.45, 2.75) is 41.9 Å². The van der Waals surface area contributed by atoms with Crippen LogP contribution in [0.4, 0.5) is 0 Å². The molecule has 2 nitrogen and oxygen atoms in total. The summed E-state index contributed by atoms with van der Waals surface area (Å²) in [6, 6.07) is 8.21. The van der Waals surface area contributed by atoms with E-state index >= 15 is 0 Å². The average molecular weight is 238 g/mol. The first-order valence-corrected chi connectivity index (χ1v) is 6.64. The Bertz CT molecular complexity index is 315. The van der Waals surface area contributed by atoms with Gasteiger partial charge in [0, 0.05) is 10.1 Å². The van der Waals surface area contributed by atoms with Gasteiger partial charge in [-0.3, -0.25) is 0 Å². The number of thioether (sulfide) groups is 1. The Morgan fingerprint density at radius 1 is 1.12 bits per heavy atom. The number of aliphatic hydroxyl groups is 1. The third-order valence-corrected chi connectivity index (χ3v) is 4.35. The van der Waals surface area contributed by atoms with E-state index in [0.717, 1.165) is 31.4 Å². The summed E-state index contributed by atoms with van der Waals surface area (Å²) in [6.45, 7) is 0. The first-order valence-electron chi connectivity index (χ1n) is 5.76. The lowest BCUT2D eigenvalue weighted by atomic mass is 9.97. The summed E-state index contributed by atoms with van der Waals surface area (Å²) < 4.78 is 5.13. The van der Waals surface area contributed by atoms with Crippen LogP contribution in [-0.2, 0) is 0 Å². The SMILES string of the molecule is COc1ccc(SC2CCC(O)CC2)cc1. The van der Waals surface area contributed by atoms with Crippen LogP contribution in [0.5, 0.6) is 5.75 Å². The van der Waals surface area contributed by atoms with Crippen molar-refractivity contribution >= 4 is 11.8 Å². The lowest BCUT2D eigenvalue weighted by molar-refractivity contribution is 0.132. The molecule has 1 N–H and O–H groups in total. The molecule has 1 saturated carbocycles. The molecule has 0 spiro atoms. The topological polar surface area (TPSA) is 29.5 Å². The molecule has 0 bridgehead atoms. The van der Waals surface area contributed by atoms with Gasteiger partial charge in [-0.1, -0.05) is 0 Å². The van der Waals surface area contributed by atoms with Gasteiger partial charge >= 0.3 is 0 Å². The molecule has 3 heteroatoms. The van der Waals surface area contributed by atoms with Crippen LogP contribution in [0.15, 0.2) is 29.2 Å². The lowest BCUT2D eigenvalue weighted by Crippen LogP contribution is -2.19. The van der Waals surface area contributed by atoms with E-state index < -0.39 is 0 Å². The van der Waals surface area contributed by atoms with Crippen molar-refractivity contribution < 1.29 is 9.84 Å². The van der Waals surface area contributed by atoms with Gasteiger partial charge in [-0.25, -0.2) is 0 Å². The minimum atomic E-state index is -0.0623. The zero-order chi connectivity index (χ0) is 11.4. The summed E-state index contributed by atoms with van der Waals surface area (Å²) in [5, 5.41) is 10.1. The zero-order valence-electron chi connectivity index (χ0n) is 9.56. The largest absolute Gasteiger partial charge is 0.497 e. The predicted molar refractivity (Wildman–Crippen MR) is 67.1 cm³/mol. The zero-order valence-corrected chi connectivity index (χ0v) is 10.4. The summed E-state index contributed by atoms with van der Waals surface area (Å²) in [5.41, 5.74) is 0. The molecule has 0 heterocycles.